The van der Waals surface area contributed by atoms with Gasteiger partial charge >= 0.3 is 5.97 Å². The van der Waals surface area contributed by atoms with Gasteiger partial charge in [0, 0.05) is 12.7 Å². The van der Waals surface area contributed by atoms with Crippen LogP contribution in [0.3, 0.4) is 0 Å². The first-order chi connectivity index (χ1) is 10.6. The molecule has 0 bridgehead atoms. The van der Waals surface area contributed by atoms with E-state index >= 15 is 0 Å². The first kappa shape index (κ1) is 15.7. The normalized spacial score (nSPS) is 10.0. The molecular weight excluding hydrogens is 285 g/mol. The molecule has 0 aromatic heterocycles. The molecule has 0 radical (unpaired) electrons. The fraction of sp³-hybridized carbons (Fsp3) is 0.176. The van der Waals surface area contributed by atoms with E-state index in [-0.39, 0.29) is 12.2 Å². The van der Waals surface area contributed by atoms with E-state index in [4.69, 9.17) is 14.7 Å². The average molecular weight is 299 g/mol. The molecule has 0 aliphatic rings. The van der Waals surface area contributed by atoms with E-state index in [1.54, 1.807) is 25.3 Å². The predicted octanol–water partition coefficient (Wildman–Crippen LogP) is 3.20. The van der Waals surface area contributed by atoms with Crippen molar-refractivity contribution in [3.8, 4) is 6.07 Å². The Kier molecular flexibility index (Phi) is 5.23. The average Bonchev–Trinajstić information content (AvgIpc) is 2.54. The maximum Gasteiger partial charge on any atom is 0.338 e. The van der Waals surface area contributed by atoms with Gasteiger partial charge in [0.2, 0.25) is 0 Å². The third kappa shape index (κ3) is 3.90. The van der Waals surface area contributed by atoms with Crippen LogP contribution < -0.4 is 0 Å². The van der Waals surface area contributed by atoms with Crippen molar-refractivity contribution in [3.63, 3.8) is 0 Å². The molecule has 0 amide bonds. The Morgan fingerprint density at radius 3 is 2.77 bits per heavy atom. The standard InChI is InChI=1S/C17H14FNO3/c1-21-10-13-3-2-4-14(8-13)17(20)22-11-15-7-12(9-19)5-6-16(15)18/h2-8H,10-11H2,1H3. The molecule has 0 saturated carbocycles. The van der Waals surface area contributed by atoms with Gasteiger partial charge < -0.3 is 9.47 Å². The van der Waals surface area contributed by atoms with E-state index in [9.17, 15) is 9.18 Å². The molecule has 0 spiro atoms. The fourth-order valence-corrected chi connectivity index (χ4v) is 1.94. The van der Waals surface area contributed by atoms with E-state index in [0.717, 1.165) is 5.56 Å². The number of carbonyl (C=O) groups is 1. The van der Waals surface area contributed by atoms with Gasteiger partial charge in [-0.1, -0.05) is 12.1 Å². The molecule has 112 valence electrons. The highest BCUT2D eigenvalue weighted by Crippen LogP contribution is 2.13. The SMILES string of the molecule is COCc1cccc(C(=O)OCc2cc(C#N)ccc2F)c1. The molecule has 2 aromatic rings. The lowest BCUT2D eigenvalue weighted by atomic mass is 10.1. The molecule has 5 heteroatoms. The topological polar surface area (TPSA) is 59.3 Å². The van der Waals surface area contributed by atoms with Gasteiger partial charge in [-0.05, 0) is 35.9 Å². The van der Waals surface area contributed by atoms with Crippen LogP contribution >= 0.6 is 0 Å². The third-order valence-electron chi connectivity index (χ3n) is 3.01. The zero-order valence-electron chi connectivity index (χ0n) is 12.0. The van der Waals surface area contributed by atoms with Crippen molar-refractivity contribution in [2.75, 3.05) is 7.11 Å². The van der Waals surface area contributed by atoms with Crippen LogP contribution in [-0.4, -0.2) is 13.1 Å². The van der Waals surface area contributed by atoms with Crippen LogP contribution in [0.5, 0.6) is 0 Å². The number of rotatable bonds is 5. The maximum absolute atomic E-state index is 13.6. The molecule has 0 N–H and O–H groups in total. The first-order valence-corrected chi connectivity index (χ1v) is 6.57. The van der Waals surface area contributed by atoms with Crippen molar-refractivity contribution in [1.82, 2.24) is 0 Å². The highest BCUT2D eigenvalue weighted by Gasteiger charge is 2.10. The number of esters is 1. The minimum atomic E-state index is -0.556. The number of nitrogens with zero attached hydrogens (tertiary/aromatic N) is 1. The Bertz CT molecular complexity index is 722. The van der Waals surface area contributed by atoms with Crippen molar-refractivity contribution in [2.45, 2.75) is 13.2 Å². The minimum absolute atomic E-state index is 0.167. The van der Waals surface area contributed by atoms with Gasteiger partial charge in [0.15, 0.2) is 0 Å². The summed E-state index contributed by atoms with van der Waals surface area (Å²) in [5.41, 5.74) is 1.69. The van der Waals surface area contributed by atoms with Gasteiger partial charge in [-0.2, -0.15) is 5.26 Å². The number of carbonyl (C=O) groups excluding carboxylic acids is 1. The minimum Gasteiger partial charge on any atom is -0.457 e. The number of benzene rings is 2. The highest BCUT2D eigenvalue weighted by molar-refractivity contribution is 5.89. The molecule has 0 heterocycles. The Balaban J connectivity index is 2.07. The summed E-state index contributed by atoms with van der Waals surface area (Å²) < 4.78 is 23.7. The summed E-state index contributed by atoms with van der Waals surface area (Å²) in [7, 11) is 1.57. The summed E-state index contributed by atoms with van der Waals surface area (Å²) in [6.45, 7) is 0.161. The molecule has 0 saturated heterocycles. The van der Waals surface area contributed by atoms with E-state index in [0.29, 0.717) is 17.7 Å². The lowest BCUT2D eigenvalue weighted by Crippen LogP contribution is -2.07. The summed E-state index contributed by atoms with van der Waals surface area (Å²) in [6.07, 6.45) is 0. The molecule has 2 rings (SSSR count). The zero-order chi connectivity index (χ0) is 15.9. The van der Waals surface area contributed by atoms with Gasteiger partial charge in [-0.25, -0.2) is 9.18 Å². The first-order valence-electron chi connectivity index (χ1n) is 6.57. The summed E-state index contributed by atoms with van der Waals surface area (Å²) in [5.74, 6) is -1.07. The smallest absolute Gasteiger partial charge is 0.338 e. The van der Waals surface area contributed by atoms with Gasteiger partial charge in [-0.15, -0.1) is 0 Å². The molecule has 2 aromatic carbocycles. The van der Waals surface area contributed by atoms with Crippen molar-refractivity contribution < 1.29 is 18.7 Å². The van der Waals surface area contributed by atoms with Crippen molar-refractivity contribution in [2.24, 2.45) is 0 Å². The second-order valence-corrected chi connectivity index (χ2v) is 4.63. The predicted molar refractivity (Wildman–Crippen MR) is 77.4 cm³/mol. The van der Waals surface area contributed by atoms with E-state index in [1.165, 1.54) is 18.2 Å². The second kappa shape index (κ2) is 7.34. The van der Waals surface area contributed by atoms with Crippen LogP contribution in [-0.2, 0) is 22.7 Å². The lowest BCUT2D eigenvalue weighted by Gasteiger charge is -2.07. The van der Waals surface area contributed by atoms with Gasteiger partial charge in [0.1, 0.15) is 12.4 Å². The van der Waals surface area contributed by atoms with Crippen molar-refractivity contribution >= 4 is 5.97 Å². The van der Waals surface area contributed by atoms with Crippen LogP contribution in [0, 0.1) is 17.1 Å². The largest absolute Gasteiger partial charge is 0.457 e. The number of ether oxygens (including phenoxy) is 2. The summed E-state index contributed by atoms with van der Waals surface area (Å²) >= 11 is 0. The number of nitriles is 1. The van der Waals surface area contributed by atoms with Crippen LogP contribution in [0.4, 0.5) is 4.39 Å². The molecule has 0 atom stereocenters. The Labute approximate surface area is 127 Å². The van der Waals surface area contributed by atoms with E-state index < -0.39 is 11.8 Å². The Morgan fingerprint density at radius 1 is 1.23 bits per heavy atom. The molecule has 0 aliphatic heterocycles. The summed E-state index contributed by atoms with van der Waals surface area (Å²) in [4.78, 5) is 12.0. The van der Waals surface area contributed by atoms with Crippen LogP contribution in [0.2, 0.25) is 0 Å². The summed E-state index contributed by atoms with van der Waals surface area (Å²) in [6, 6.07) is 12.7. The molecule has 0 fully saturated rings. The number of halogens is 1. The van der Waals surface area contributed by atoms with E-state index in [2.05, 4.69) is 0 Å². The fourth-order valence-electron chi connectivity index (χ4n) is 1.94. The third-order valence-corrected chi connectivity index (χ3v) is 3.01. The Morgan fingerprint density at radius 2 is 2.05 bits per heavy atom. The highest BCUT2D eigenvalue weighted by atomic mass is 19.1. The van der Waals surface area contributed by atoms with Gasteiger partial charge in [-0.3, -0.25) is 0 Å². The van der Waals surface area contributed by atoms with Crippen molar-refractivity contribution in [1.29, 1.82) is 5.26 Å². The maximum atomic E-state index is 13.6. The molecule has 0 unspecified atom stereocenters. The lowest BCUT2D eigenvalue weighted by molar-refractivity contribution is 0.0468. The van der Waals surface area contributed by atoms with Crippen molar-refractivity contribution in [3.05, 3.63) is 70.5 Å². The molecule has 4 nitrogen and oxygen atoms in total. The van der Waals surface area contributed by atoms with Gasteiger partial charge in [0.05, 0.1) is 23.8 Å². The quantitative estimate of drug-likeness (QED) is 0.795. The monoisotopic (exact) mass is 299 g/mol. The number of hydrogen-bond donors (Lipinski definition) is 0. The molecular formula is C17H14FNO3. The second-order valence-electron chi connectivity index (χ2n) is 4.63. The Hall–Kier alpha value is -2.71. The van der Waals surface area contributed by atoms with E-state index in [1.807, 2.05) is 12.1 Å². The summed E-state index contributed by atoms with van der Waals surface area (Å²) in [5, 5.41) is 8.80. The number of methoxy groups -OCH3 is 1. The van der Waals surface area contributed by atoms with Crippen LogP contribution in [0.1, 0.15) is 27.0 Å². The molecule has 22 heavy (non-hydrogen) atoms. The van der Waals surface area contributed by atoms with Crippen LogP contribution in [0.15, 0.2) is 42.5 Å². The molecule has 0 aliphatic carbocycles. The number of hydrogen-bond acceptors (Lipinski definition) is 4. The zero-order valence-corrected chi connectivity index (χ0v) is 12.0. The van der Waals surface area contributed by atoms with Gasteiger partial charge in [0.25, 0.3) is 0 Å². The van der Waals surface area contributed by atoms with Crippen LogP contribution in [0.25, 0.3) is 0 Å².